The molecule has 2 aliphatic rings. The Balaban J connectivity index is 1.91. The lowest BCUT2D eigenvalue weighted by atomic mass is 9.73. The zero-order valence-corrected chi connectivity index (χ0v) is 16.3. The van der Waals surface area contributed by atoms with Crippen LogP contribution in [0.3, 0.4) is 0 Å². The number of ketones is 1. The predicted molar refractivity (Wildman–Crippen MR) is 109 cm³/mol. The van der Waals surface area contributed by atoms with Gasteiger partial charge in [0.25, 0.3) is 0 Å². The van der Waals surface area contributed by atoms with Gasteiger partial charge in [-0.05, 0) is 66.6 Å². The predicted octanol–water partition coefficient (Wildman–Crippen LogP) is 5.23. The molecule has 4 nitrogen and oxygen atoms in total. The number of allylic oxidation sites excluding steroid dienone is 1. The number of carbonyl (C=O) groups is 1. The molecular formula is C23H26N2O2. The highest BCUT2D eigenvalue weighted by atomic mass is 16.3. The smallest absolute Gasteiger partial charge is 0.163 e. The molecule has 3 N–H and O–H groups in total. The van der Waals surface area contributed by atoms with Crippen LogP contribution in [-0.4, -0.2) is 10.9 Å². The number of phenolic OH excluding ortho intramolecular Hbond substituents is 1. The Hall–Kier alpha value is -2.75. The van der Waals surface area contributed by atoms with Gasteiger partial charge >= 0.3 is 0 Å². The molecule has 4 rings (SSSR count). The average Bonchev–Trinajstić information content (AvgIpc) is 2.71. The second kappa shape index (κ2) is 6.15. The first-order chi connectivity index (χ1) is 12.7. The van der Waals surface area contributed by atoms with Gasteiger partial charge in [0, 0.05) is 17.7 Å². The molecule has 2 aromatic rings. The Morgan fingerprint density at radius 1 is 1.04 bits per heavy atom. The van der Waals surface area contributed by atoms with Crippen LogP contribution in [0.1, 0.15) is 49.4 Å². The van der Waals surface area contributed by atoms with Crippen LogP contribution in [-0.2, 0) is 4.79 Å². The molecule has 0 unspecified atom stereocenters. The molecule has 0 amide bonds. The van der Waals surface area contributed by atoms with Crippen LogP contribution in [0, 0.1) is 19.3 Å². The molecule has 0 bridgehead atoms. The number of hydrogen-bond acceptors (Lipinski definition) is 4. The zero-order chi connectivity index (χ0) is 19.3. The molecule has 0 fully saturated rings. The lowest BCUT2D eigenvalue weighted by Crippen LogP contribution is -2.31. The second-order valence-corrected chi connectivity index (χ2v) is 8.61. The van der Waals surface area contributed by atoms with E-state index in [0.29, 0.717) is 6.42 Å². The minimum absolute atomic E-state index is 0.0729. The summed E-state index contributed by atoms with van der Waals surface area (Å²) >= 11 is 0. The lowest BCUT2D eigenvalue weighted by Gasteiger charge is -2.34. The number of nitrogens with one attached hydrogen (secondary N) is 2. The maximum absolute atomic E-state index is 13.2. The van der Waals surface area contributed by atoms with Crippen LogP contribution < -0.4 is 10.6 Å². The summed E-state index contributed by atoms with van der Waals surface area (Å²) in [5, 5.41) is 17.1. The van der Waals surface area contributed by atoms with Gasteiger partial charge in [0.2, 0.25) is 0 Å². The van der Waals surface area contributed by atoms with E-state index in [-0.39, 0.29) is 23.0 Å². The first kappa shape index (κ1) is 17.7. The first-order valence-electron chi connectivity index (χ1n) is 9.43. The molecule has 1 aliphatic carbocycles. The normalized spacial score (nSPS) is 20.9. The van der Waals surface area contributed by atoms with Crippen LogP contribution in [0.15, 0.2) is 47.7 Å². The third-order valence-electron chi connectivity index (χ3n) is 5.63. The molecule has 1 aliphatic heterocycles. The van der Waals surface area contributed by atoms with Crippen LogP contribution in [0.25, 0.3) is 0 Å². The zero-order valence-electron chi connectivity index (χ0n) is 16.3. The number of hydrogen-bond donors (Lipinski definition) is 3. The number of fused-ring (bicyclic) bond motifs is 1. The standard InChI is InChI=1S/C23H26N2O2/c1-13-8-17-18(9-14(13)2)25-22(15-6-5-7-16(26)10-15)21-19(24-17)11-23(3,4)12-20(21)27/h5-10,22,24-26H,11-12H2,1-4H3/t22-/m1/s1. The van der Waals surface area contributed by atoms with Gasteiger partial charge in [-0.3, -0.25) is 4.79 Å². The number of benzene rings is 2. The average molecular weight is 362 g/mol. The van der Waals surface area contributed by atoms with Gasteiger partial charge in [-0.25, -0.2) is 0 Å². The van der Waals surface area contributed by atoms with Crippen molar-refractivity contribution in [3.8, 4) is 5.75 Å². The Morgan fingerprint density at radius 3 is 2.44 bits per heavy atom. The largest absolute Gasteiger partial charge is 0.508 e. The second-order valence-electron chi connectivity index (χ2n) is 8.61. The van der Waals surface area contributed by atoms with Gasteiger partial charge in [0.05, 0.1) is 17.4 Å². The van der Waals surface area contributed by atoms with Crippen molar-refractivity contribution in [3.63, 3.8) is 0 Å². The van der Waals surface area contributed by atoms with Crippen LogP contribution in [0.2, 0.25) is 0 Å². The quantitative estimate of drug-likeness (QED) is 0.650. The summed E-state index contributed by atoms with van der Waals surface area (Å²) < 4.78 is 0. The Labute approximate surface area is 160 Å². The molecule has 1 atom stereocenters. The third-order valence-corrected chi connectivity index (χ3v) is 5.63. The van der Waals surface area contributed by atoms with E-state index in [4.69, 9.17) is 0 Å². The molecule has 0 radical (unpaired) electrons. The van der Waals surface area contributed by atoms with Crippen molar-refractivity contribution in [1.29, 1.82) is 0 Å². The number of anilines is 2. The third kappa shape index (κ3) is 3.20. The molecule has 0 aromatic heterocycles. The van der Waals surface area contributed by atoms with E-state index in [0.717, 1.165) is 34.6 Å². The van der Waals surface area contributed by atoms with E-state index >= 15 is 0 Å². The van der Waals surface area contributed by atoms with Crippen LogP contribution >= 0.6 is 0 Å². The van der Waals surface area contributed by atoms with Gasteiger partial charge < -0.3 is 15.7 Å². The summed E-state index contributed by atoms with van der Waals surface area (Å²) in [5.41, 5.74) is 6.97. The lowest BCUT2D eigenvalue weighted by molar-refractivity contribution is -0.118. The summed E-state index contributed by atoms with van der Waals surface area (Å²) in [5.74, 6) is 0.369. The summed E-state index contributed by atoms with van der Waals surface area (Å²) in [6, 6.07) is 11.2. The Kier molecular flexibility index (Phi) is 4.02. The van der Waals surface area contributed by atoms with Crippen molar-refractivity contribution in [2.45, 2.75) is 46.6 Å². The molecule has 0 saturated heterocycles. The SMILES string of the molecule is Cc1cc2c(cc1C)N[C@H](c1cccc(O)c1)C1=C(CC(C)(C)CC1=O)N2. The van der Waals surface area contributed by atoms with Crippen molar-refractivity contribution in [2.24, 2.45) is 5.41 Å². The number of aryl methyl sites for hydroxylation is 2. The van der Waals surface area contributed by atoms with Crippen molar-refractivity contribution in [3.05, 3.63) is 64.4 Å². The fourth-order valence-corrected chi connectivity index (χ4v) is 4.16. The highest BCUT2D eigenvalue weighted by Crippen LogP contribution is 2.46. The molecule has 27 heavy (non-hydrogen) atoms. The van der Waals surface area contributed by atoms with Gasteiger partial charge in [-0.1, -0.05) is 26.0 Å². The number of carbonyl (C=O) groups excluding carboxylic acids is 1. The summed E-state index contributed by atoms with van der Waals surface area (Å²) in [6.07, 6.45) is 1.34. The fourth-order valence-electron chi connectivity index (χ4n) is 4.16. The van der Waals surface area contributed by atoms with Gasteiger partial charge in [0.15, 0.2) is 5.78 Å². The number of phenols is 1. The molecule has 1 heterocycles. The molecular weight excluding hydrogens is 336 g/mol. The Morgan fingerprint density at radius 2 is 1.74 bits per heavy atom. The van der Waals surface area contributed by atoms with Crippen LogP contribution in [0.5, 0.6) is 5.75 Å². The van der Waals surface area contributed by atoms with E-state index in [2.05, 4.69) is 50.5 Å². The van der Waals surface area contributed by atoms with E-state index in [1.807, 2.05) is 12.1 Å². The minimum Gasteiger partial charge on any atom is -0.508 e. The van der Waals surface area contributed by atoms with E-state index in [1.165, 1.54) is 11.1 Å². The number of rotatable bonds is 1. The monoisotopic (exact) mass is 362 g/mol. The highest BCUT2D eigenvalue weighted by Gasteiger charge is 2.38. The first-order valence-corrected chi connectivity index (χ1v) is 9.43. The summed E-state index contributed by atoms with van der Waals surface area (Å²) in [4.78, 5) is 13.2. The maximum Gasteiger partial charge on any atom is 0.163 e. The van der Waals surface area contributed by atoms with Crippen molar-refractivity contribution < 1.29 is 9.90 Å². The molecule has 140 valence electrons. The van der Waals surface area contributed by atoms with Crippen molar-refractivity contribution in [1.82, 2.24) is 0 Å². The topological polar surface area (TPSA) is 61.4 Å². The summed E-state index contributed by atoms with van der Waals surface area (Å²) in [6.45, 7) is 8.46. The van der Waals surface area contributed by atoms with Gasteiger partial charge in [-0.2, -0.15) is 0 Å². The van der Waals surface area contributed by atoms with E-state index in [9.17, 15) is 9.90 Å². The molecule has 0 saturated carbocycles. The number of aromatic hydroxyl groups is 1. The maximum atomic E-state index is 13.2. The van der Waals surface area contributed by atoms with Gasteiger partial charge in [-0.15, -0.1) is 0 Å². The van der Waals surface area contributed by atoms with Crippen molar-refractivity contribution >= 4 is 17.2 Å². The Bertz CT molecular complexity index is 972. The van der Waals surface area contributed by atoms with Gasteiger partial charge in [0.1, 0.15) is 5.75 Å². The van der Waals surface area contributed by atoms with E-state index < -0.39 is 0 Å². The van der Waals surface area contributed by atoms with E-state index in [1.54, 1.807) is 12.1 Å². The summed E-state index contributed by atoms with van der Waals surface area (Å²) in [7, 11) is 0. The molecule has 2 aromatic carbocycles. The number of Topliss-reactive ketones (excluding diaryl/α,β-unsaturated/α-hetero) is 1. The molecule has 0 spiro atoms. The minimum atomic E-state index is -0.286. The van der Waals surface area contributed by atoms with Crippen LogP contribution in [0.4, 0.5) is 11.4 Å². The van der Waals surface area contributed by atoms with Crippen molar-refractivity contribution in [2.75, 3.05) is 10.6 Å². The fraction of sp³-hybridized carbons (Fsp3) is 0.348. The molecule has 4 heteroatoms. The highest BCUT2D eigenvalue weighted by molar-refractivity contribution is 6.01.